The zero-order chi connectivity index (χ0) is 28.0. The molecule has 1 N–H and O–H groups in total. The first-order valence-corrected chi connectivity index (χ1v) is 14.9. The van der Waals surface area contributed by atoms with Crippen molar-refractivity contribution in [3.8, 4) is 11.3 Å². The third-order valence-electron chi connectivity index (χ3n) is 7.90. The van der Waals surface area contributed by atoms with Gasteiger partial charge < -0.3 is 19.5 Å². The van der Waals surface area contributed by atoms with Crippen LogP contribution in [0.1, 0.15) is 49.4 Å². The van der Waals surface area contributed by atoms with E-state index in [4.69, 9.17) is 39.8 Å². The predicted octanol–water partition coefficient (Wildman–Crippen LogP) is 8.62. The lowest BCUT2D eigenvalue weighted by molar-refractivity contribution is 0.357. The number of anilines is 2. The van der Waals surface area contributed by atoms with Crippen molar-refractivity contribution in [1.82, 2.24) is 10.3 Å². The van der Waals surface area contributed by atoms with E-state index in [0.29, 0.717) is 22.0 Å². The smallest absolute Gasteiger partial charge is 0.174 e. The number of benzene rings is 2. The topological polar surface area (TPSA) is 44.5 Å². The van der Waals surface area contributed by atoms with E-state index in [9.17, 15) is 0 Å². The Morgan fingerprint density at radius 2 is 1.77 bits per heavy atom. The number of halogens is 2. The molecule has 5 nitrogen and oxygen atoms in total. The maximum atomic E-state index is 6.97. The summed E-state index contributed by atoms with van der Waals surface area (Å²) < 4.78 is 6.55. The quantitative estimate of drug-likeness (QED) is 0.235. The van der Waals surface area contributed by atoms with Gasteiger partial charge in [0.2, 0.25) is 0 Å². The van der Waals surface area contributed by atoms with Gasteiger partial charge in [0.15, 0.2) is 5.11 Å². The van der Waals surface area contributed by atoms with E-state index in [1.54, 1.807) is 6.20 Å². The number of hydrogen-bond donors (Lipinski definition) is 1. The van der Waals surface area contributed by atoms with Gasteiger partial charge in [-0.05, 0) is 97.6 Å². The first kappa shape index (κ1) is 27.1. The molecular weight excluding hydrogens is 559 g/mol. The van der Waals surface area contributed by atoms with E-state index in [-0.39, 0.29) is 12.1 Å². The van der Waals surface area contributed by atoms with Gasteiger partial charge in [-0.15, -0.1) is 0 Å². The minimum Gasteiger partial charge on any atom is -0.459 e. The van der Waals surface area contributed by atoms with Crippen LogP contribution in [0.15, 0.2) is 77.3 Å². The summed E-state index contributed by atoms with van der Waals surface area (Å²) in [5.74, 6) is 2.80. The molecule has 6 rings (SSSR count). The molecule has 2 aromatic carbocycles. The molecule has 0 unspecified atom stereocenters. The number of hydrogen-bond acceptors (Lipinski definition) is 4. The monoisotopic (exact) mass is 590 g/mol. The molecule has 40 heavy (non-hydrogen) atoms. The third-order valence-corrected chi connectivity index (χ3v) is 8.75. The summed E-state index contributed by atoms with van der Waals surface area (Å²) in [7, 11) is 0. The second-order valence-corrected chi connectivity index (χ2v) is 12.4. The van der Waals surface area contributed by atoms with Crippen LogP contribution in [0, 0.1) is 18.8 Å². The van der Waals surface area contributed by atoms with Crippen LogP contribution in [-0.4, -0.2) is 23.2 Å². The summed E-state index contributed by atoms with van der Waals surface area (Å²) in [5.41, 5.74) is 4.91. The molecule has 0 radical (unpaired) electrons. The standard InChI is InChI=1S/C32H32Cl2N4OS/c1-19-14-20(2)18-37(17-19)27-10-9-23(16-25(27)34)38-31(30(36-32(38)40)26-6-4-5-13-35-26)29-12-11-28(39-29)24-15-22(33)8-7-21(24)3/h4-13,15-16,19-20,30-31H,14,17-18H2,1-3H3,(H,36,40)/t19-,20+,30-,31-/m1/s1. The second-order valence-electron chi connectivity index (χ2n) is 11.1. The maximum absolute atomic E-state index is 6.97. The van der Waals surface area contributed by atoms with E-state index in [1.165, 1.54) is 6.42 Å². The molecule has 0 aliphatic carbocycles. The molecule has 4 heterocycles. The Labute approximate surface area is 251 Å². The third kappa shape index (κ3) is 5.20. The fourth-order valence-electron chi connectivity index (χ4n) is 6.20. The van der Waals surface area contributed by atoms with Crippen molar-refractivity contribution >= 4 is 51.9 Å². The van der Waals surface area contributed by atoms with Crippen molar-refractivity contribution in [3.63, 3.8) is 0 Å². The SMILES string of the molecule is Cc1ccc(Cl)cc1-c1ccc([C@@H]2[C@@H](c3ccccn3)NC(=S)N2c2ccc(N3C[C@H](C)C[C@H](C)C3)c(Cl)c2)o1. The molecule has 2 aliphatic rings. The molecule has 2 saturated heterocycles. The highest BCUT2D eigenvalue weighted by Gasteiger charge is 2.43. The molecule has 2 aromatic heterocycles. The molecule has 8 heteroatoms. The number of furan rings is 1. The minimum atomic E-state index is -0.271. The number of nitrogens with zero attached hydrogens (tertiary/aromatic N) is 3. The Morgan fingerprint density at radius 3 is 2.50 bits per heavy atom. The minimum absolute atomic E-state index is 0.213. The average Bonchev–Trinajstić information content (AvgIpc) is 3.54. The summed E-state index contributed by atoms with van der Waals surface area (Å²) in [6.45, 7) is 8.69. The molecule has 4 aromatic rings. The number of nitrogens with one attached hydrogen (secondary N) is 1. The van der Waals surface area contributed by atoms with E-state index in [1.807, 2.05) is 54.6 Å². The molecular formula is C32H32Cl2N4OS. The second kappa shape index (κ2) is 11.1. The van der Waals surface area contributed by atoms with Crippen LogP contribution < -0.4 is 15.1 Å². The Balaban J connectivity index is 1.39. The summed E-state index contributed by atoms with van der Waals surface area (Å²) in [6.07, 6.45) is 3.05. The van der Waals surface area contributed by atoms with Gasteiger partial charge in [0.1, 0.15) is 17.6 Å². The normalized spacial score (nSPS) is 23.0. The fraction of sp³-hybridized carbons (Fsp3) is 0.312. The van der Waals surface area contributed by atoms with Crippen LogP contribution in [0.3, 0.4) is 0 Å². The van der Waals surface area contributed by atoms with Gasteiger partial charge >= 0.3 is 0 Å². The van der Waals surface area contributed by atoms with Gasteiger partial charge in [0.25, 0.3) is 0 Å². The van der Waals surface area contributed by atoms with E-state index < -0.39 is 0 Å². The zero-order valence-corrected chi connectivity index (χ0v) is 25.1. The van der Waals surface area contributed by atoms with Gasteiger partial charge in [-0.1, -0.05) is 49.2 Å². The molecule has 0 saturated carbocycles. The van der Waals surface area contributed by atoms with Crippen molar-refractivity contribution < 1.29 is 4.42 Å². The van der Waals surface area contributed by atoms with E-state index in [2.05, 4.69) is 53.0 Å². The highest BCUT2D eigenvalue weighted by atomic mass is 35.5. The highest BCUT2D eigenvalue weighted by Crippen LogP contribution is 2.45. The van der Waals surface area contributed by atoms with Gasteiger partial charge in [-0.25, -0.2) is 0 Å². The fourth-order valence-corrected chi connectivity index (χ4v) is 7.01. The Morgan fingerprint density at radius 1 is 0.975 bits per heavy atom. The first-order chi connectivity index (χ1) is 19.3. The molecule has 0 spiro atoms. The highest BCUT2D eigenvalue weighted by molar-refractivity contribution is 7.80. The number of rotatable bonds is 5. The summed E-state index contributed by atoms with van der Waals surface area (Å²) in [4.78, 5) is 9.16. The lowest BCUT2D eigenvalue weighted by Crippen LogP contribution is -2.38. The molecule has 2 fully saturated rings. The molecule has 206 valence electrons. The van der Waals surface area contributed by atoms with Crippen molar-refractivity contribution in [2.45, 2.75) is 39.3 Å². The van der Waals surface area contributed by atoms with Crippen molar-refractivity contribution in [2.24, 2.45) is 11.8 Å². The van der Waals surface area contributed by atoms with Crippen LogP contribution in [0.4, 0.5) is 11.4 Å². The number of piperidine rings is 1. The van der Waals surface area contributed by atoms with Crippen LogP contribution in [0.2, 0.25) is 10.0 Å². The van der Waals surface area contributed by atoms with Gasteiger partial charge in [-0.2, -0.15) is 0 Å². The maximum Gasteiger partial charge on any atom is 0.174 e. The van der Waals surface area contributed by atoms with E-state index in [0.717, 1.165) is 57.8 Å². The van der Waals surface area contributed by atoms with Crippen LogP contribution >= 0.6 is 35.4 Å². The lowest BCUT2D eigenvalue weighted by atomic mass is 9.91. The van der Waals surface area contributed by atoms with Crippen molar-refractivity contribution in [1.29, 1.82) is 0 Å². The summed E-state index contributed by atoms with van der Waals surface area (Å²) in [6, 6.07) is 21.5. The molecule has 0 bridgehead atoms. The van der Waals surface area contributed by atoms with Gasteiger partial charge in [0.05, 0.1) is 22.4 Å². The number of aryl methyl sites for hydroxylation is 1. The lowest BCUT2D eigenvalue weighted by Gasteiger charge is -2.37. The number of pyridine rings is 1. The average molecular weight is 592 g/mol. The Hall–Kier alpha value is -3.06. The molecule has 4 atom stereocenters. The van der Waals surface area contributed by atoms with Crippen LogP contribution in [0.5, 0.6) is 0 Å². The zero-order valence-electron chi connectivity index (χ0n) is 22.8. The van der Waals surface area contributed by atoms with Crippen LogP contribution in [-0.2, 0) is 0 Å². The predicted molar refractivity (Wildman–Crippen MR) is 168 cm³/mol. The van der Waals surface area contributed by atoms with E-state index >= 15 is 0 Å². The van der Waals surface area contributed by atoms with Crippen LogP contribution in [0.25, 0.3) is 11.3 Å². The van der Waals surface area contributed by atoms with Gasteiger partial charge in [-0.3, -0.25) is 4.98 Å². The summed E-state index contributed by atoms with van der Waals surface area (Å²) >= 11 is 19.2. The first-order valence-electron chi connectivity index (χ1n) is 13.7. The summed E-state index contributed by atoms with van der Waals surface area (Å²) in [5, 5.41) is 5.49. The largest absolute Gasteiger partial charge is 0.459 e. The Bertz CT molecular complexity index is 1530. The molecule has 2 aliphatic heterocycles. The molecule has 0 amide bonds. The van der Waals surface area contributed by atoms with Crippen molar-refractivity contribution in [3.05, 3.63) is 100.0 Å². The van der Waals surface area contributed by atoms with Gasteiger partial charge in [0, 0.05) is 35.6 Å². The van der Waals surface area contributed by atoms with Crippen molar-refractivity contribution in [2.75, 3.05) is 22.9 Å². The number of thiocarbonyl (C=S) groups is 1. The Kier molecular flexibility index (Phi) is 7.51. The number of aromatic nitrogens is 1.